The summed E-state index contributed by atoms with van der Waals surface area (Å²) in [6.07, 6.45) is 0. The number of nitrogens with two attached hydrogens (primary N) is 2. The van der Waals surface area contributed by atoms with E-state index in [-0.39, 0.29) is 13.4 Å². The van der Waals surface area contributed by atoms with Gasteiger partial charge in [-0.2, -0.15) is 0 Å². The van der Waals surface area contributed by atoms with Crippen LogP contribution in [0.1, 0.15) is 5.56 Å². The predicted molar refractivity (Wildman–Crippen MR) is 59.4 cm³/mol. The van der Waals surface area contributed by atoms with Crippen LogP contribution in [-0.4, -0.2) is 25.3 Å². The molecule has 0 saturated heterocycles. The maximum atomic E-state index is 10.7. The van der Waals surface area contributed by atoms with Crippen LogP contribution in [0.15, 0.2) is 18.2 Å². The lowest BCUT2D eigenvalue weighted by molar-refractivity contribution is -0.120. The van der Waals surface area contributed by atoms with E-state index in [9.17, 15) is 4.79 Å². The fourth-order valence-corrected chi connectivity index (χ4v) is 1.42. The van der Waals surface area contributed by atoms with E-state index in [2.05, 4.69) is 0 Å². The third-order valence-electron chi connectivity index (χ3n) is 2.37. The molecule has 1 heterocycles. The summed E-state index contributed by atoms with van der Waals surface area (Å²) in [6, 6.07) is 4.74. The van der Waals surface area contributed by atoms with E-state index in [0.29, 0.717) is 12.4 Å². The minimum absolute atomic E-state index is 0.101. The quantitative estimate of drug-likeness (QED) is 0.737. The molecule has 17 heavy (non-hydrogen) atoms. The second-order valence-corrected chi connectivity index (χ2v) is 3.71. The van der Waals surface area contributed by atoms with Crippen molar-refractivity contribution in [3.05, 3.63) is 23.8 Å². The van der Waals surface area contributed by atoms with E-state index in [4.69, 9.17) is 25.7 Å². The van der Waals surface area contributed by atoms with Gasteiger partial charge in [0.25, 0.3) is 0 Å². The number of amides is 1. The minimum Gasteiger partial charge on any atom is -0.454 e. The molecule has 1 atom stereocenters. The largest absolute Gasteiger partial charge is 0.454 e. The van der Waals surface area contributed by atoms with Gasteiger partial charge in [0.1, 0.15) is 6.04 Å². The topological polar surface area (TPSA) is 96.8 Å². The number of primary amides is 1. The molecule has 0 aliphatic carbocycles. The maximum Gasteiger partial charge on any atom is 0.236 e. The van der Waals surface area contributed by atoms with Crippen LogP contribution in [0.25, 0.3) is 0 Å². The first-order valence-corrected chi connectivity index (χ1v) is 5.18. The summed E-state index contributed by atoms with van der Waals surface area (Å²) in [5.41, 5.74) is 11.4. The third kappa shape index (κ3) is 2.86. The molecule has 1 unspecified atom stereocenters. The van der Waals surface area contributed by atoms with E-state index in [1.54, 1.807) is 0 Å². The molecular formula is C11H14N2O4. The van der Waals surface area contributed by atoms with Gasteiger partial charge in [0.05, 0.1) is 13.2 Å². The molecule has 1 aromatic rings. The Kier molecular flexibility index (Phi) is 3.46. The number of fused-ring (bicyclic) bond motifs is 1. The number of ether oxygens (including phenoxy) is 3. The van der Waals surface area contributed by atoms with Gasteiger partial charge in [-0.15, -0.1) is 0 Å². The van der Waals surface area contributed by atoms with E-state index in [1.807, 2.05) is 18.2 Å². The highest BCUT2D eigenvalue weighted by Gasteiger charge is 2.13. The van der Waals surface area contributed by atoms with Gasteiger partial charge >= 0.3 is 0 Å². The first kappa shape index (κ1) is 11.7. The van der Waals surface area contributed by atoms with E-state index in [0.717, 1.165) is 11.3 Å². The van der Waals surface area contributed by atoms with Crippen molar-refractivity contribution in [3.8, 4) is 11.5 Å². The average Bonchev–Trinajstić information content (AvgIpc) is 2.75. The van der Waals surface area contributed by atoms with Gasteiger partial charge in [0.15, 0.2) is 11.5 Å². The first-order chi connectivity index (χ1) is 8.16. The summed E-state index contributed by atoms with van der Waals surface area (Å²) in [6.45, 7) is 0.688. The molecule has 2 rings (SSSR count). The minimum atomic E-state index is -0.774. The van der Waals surface area contributed by atoms with E-state index in [1.165, 1.54) is 0 Å². The van der Waals surface area contributed by atoms with Crippen molar-refractivity contribution in [2.75, 3.05) is 13.4 Å². The van der Waals surface area contributed by atoms with Crippen LogP contribution in [0.2, 0.25) is 0 Å². The Bertz CT molecular complexity index is 422. The lowest BCUT2D eigenvalue weighted by Crippen LogP contribution is -2.40. The Hall–Kier alpha value is -1.79. The summed E-state index contributed by atoms with van der Waals surface area (Å²) < 4.78 is 15.7. The second kappa shape index (κ2) is 5.03. The van der Waals surface area contributed by atoms with Crippen LogP contribution < -0.4 is 20.9 Å². The third-order valence-corrected chi connectivity index (χ3v) is 2.37. The summed E-state index contributed by atoms with van der Waals surface area (Å²) in [4.78, 5) is 10.7. The summed E-state index contributed by atoms with van der Waals surface area (Å²) in [5, 5.41) is 0. The lowest BCUT2D eigenvalue weighted by Gasteiger charge is -2.08. The highest BCUT2D eigenvalue weighted by atomic mass is 16.7. The molecule has 1 aliphatic heterocycles. The molecule has 4 N–H and O–H groups in total. The van der Waals surface area contributed by atoms with Gasteiger partial charge in [-0.1, -0.05) is 6.07 Å². The molecule has 6 nitrogen and oxygen atoms in total. The molecule has 1 amide bonds. The van der Waals surface area contributed by atoms with Crippen molar-refractivity contribution in [1.82, 2.24) is 0 Å². The smallest absolute Gasteiger partial charge is 0.236 e. The number of hydrogen-bond donors (Lipinski definition) is 2. The van der Waals surface area contributed by atoms with Gasteiger partial charge in [0, 0.05) is 0 Å². The number of benzene rings is 1. The second-order valence-electron chi connectivity index (χ2n) is 3.71. The highest BCUT2D eigenvalue weighted by molar-refractivity contribution is 5.79. The van der Waals surface area contributed by atoms with Gasteiger partial charge in [0.2, 0.25) is 12.7 Å². The molecule has 0 fully saturated rings. The van der Waals surface area contributed by atoms with Crippen LogP contribution in [0, 0.1) is 0 Å². The van der Waals surface area contributed by atoms with Crippen molar-refractivity contribution in [3.63, 3.8) is 0 Å². The molecule has 6 heteroatoms. The van der Waals surface area contributed by atoms with Crippen molar-refractivity contribution in [2.45, 2.75) is 12.6 Å². The van der Waals surface area contributed by atoms with Crippen LogP contribution in [-0.2, 0) is 16.1 Å². The van der Waals surface area contributed by atoms with Crippen LogP contribution >= 0.6 is 0 Å². The number of carbonyl (C=O) groups is 1. The van der Waals surface area contributed by atoms with Crippen LogP contribution in [0.3, 0.4) is 0 Å². The van der Waals surface area contributed by atoms with E-state index < -0.39 is 11.9 Å². The predicted octanol–water partition coefficient (Wildman–Crippen LogP) is -0.256. The molecule has 0 aromatic heterocycles. The van der Waals surface area contributed by atoms with Gasteiger partial charge in [-0.3, -0.25) is 4.79 Å². The molecule has 0 saturated carbocycles. The first-order valence-electron chi connectivity index (χ1n) is 5.18. The Morgan fingerprint density at radius 1 is 1.41 bits per heavy atom. The van der Waals surface area contributed by atoms with Crippen LogP contribution in [0.5, 0.6) is 11.5 Å². The maximum absolute atomic E-state index is 10.7. The Labute approximate surface area is 98.4 Å². The normalized spacial score (nSPS) is 14.6. The Morgan fingerprint density at radius 2 is 2.18 bits per heavy atom. The van der Waals surface area contributed by atoms with Crippen molar-refractivity contribution in [2.24, 2.45) is 11.5 Å². The molecule has 0 bridgehead atoms. The van der Waals surface area contributed by atoms with Gasteiger partial charge < -0.3 is 25.7 Å². The SMILES string of the molecule is NC(=O)C(N)COCc1ccc2c(c1)OCO2. The molecule has 92 valence electrons. The monoisotopic (exact) mass is 238 g/mol. The fourth-order valence-electron chi connectivity index (χ4n) is 1.42. The average molecular weight is 238 g/mol. The summed E-state index contributed by atoms with van der Waals surface area (Å²) in [5.74, 6) is 0.851. The van der Waals surface area contributed by atoms with Gasteiger partial charge in [-0.25, -0.2) is 0 Å². The lowest BCUT2D eigenvalue weighted by atomic mass is 10.2. The van der Waals surface area contributed by atoms with E-state index >= 15 is 0 Å². The zero-order valence-electron chi connectivity index (χ0n) is 9.22. The van der Waals surface area contributed by atoms with Crippen molar-refractivity contribution >= 4 is 5.91 Å². The Balaban J connectivity index is 1.85. The molecule has 1 aromatic carbocycles. The molecule has 0 radical (unpaired) electrons. The van der Waals surface area contributed by atoms with Crippen molar-refractivity contribution in [1.29, 1.82) is 0 Å². The Morgan fingerprint density at radius 3 is 2.94 bits per heavy atom. The zero-order valence-corrected chi connectivity index (χ0v) is 9.22. The number of carbonyl (C=O) groups excluding carboxylic acids is 1. The zero-order chi connectivity index (χ0) is 12.3. The number of rotatable bonds is 5. The van der Waals surface area contributed by atoms with Gasteiger partial charge in [-0.05, 0) is 17.7 Å². The standard InChI is InChI=1S/C11H14N2O4/c12-8(11(13)14)5-15-4-7-1-2-9-10(3-7)17-6-16-9/h1-3,8H,4-6,12H2,(H2,13,14). The number of hydrogen-bond acceptors (Lipinski definition) is 5. The molecule has 1 aliphatic rings. The van der Waals surface area contributed by atoms with Crippen molar-refractivity contribution < 1.29 is 19.0 Å². The van der Waals surface area contributed by atoms with Crippen LogP contribution in [0.4, 0.5) is 0 Å². The molecular weight excluding hydrogens is 224 g/mol. The highest BCUT2D eigenvalue weighted by Crippen LogP contribution is 2.32. The summed E-state index contributed by atoms with van der Waals surface area (Å²) >= 11 is 0. The fraction of sp³-hybridized carbons (Fsp3) is 0.364. The summed E-state index contributed by atoms with van der Waals surface area (Å²) in [7, 11) is 0. The molecule has 0 spiro atoms.